The van der Waals surface area contributed by atoms with Gasteiger partial charge in [0.05, 0.1) is 6.42 Å². The minimum Gasteiger partial charge on any atom is -0.361 e. The van der Waals surface area contributed by atoms with Gasteiger partial charge in [-0.05, 0) is 0 Å². The molecule has 48 valence electrons. The van der Waals surface area contributed by atoms with Gasteiger partial charge in [0, 0.05) is 6.08 Å². The van der Waals surface area contributed by atoms with Crippen molar-refractivity contribution in [3.8, 4) is 0 Å². The minimum atomic E-state index is 0. The van der Waals surface area contributed by atoms with E-state index < -0.39 is 0 Å². The monoisotopic (exact) mass is 142 g/mol. The van der Waals surface area contributed by atoms with Gasteiger partial charge in [0.15, 0.2) is 0 Å². The van der Waals surface area contributed by atoms with Crippen molar-refractivity contribution in [1.29, 1.82) is 0 Å². The highest BCUT2D eigenvalue weighted by Gasteiger charge is 1.99. The summed E-state index contributed by atoms with van der Waals surface area (Å²) in [6.45, 7) is 0. The quantitative estimate of drug-likeness (QED) is 0.364. The normalized spacial score (nSPS) is 14.4. The third-order valence-electron chi connectivity index (χ3n) is 0.991. The van der Waals surface area contributed by atoms with Crippen LogP contribution >= 0.6 is 12.4 Å². The standard InChI is InChI=1S/C6H6N2.ClH/c7-8-6-4-2-1-3-5-6;/h1-4H,5H2;1H. The number of allylic oxidation sites excluding steroid dienone is 4. The molecule has 0 aromatic rings. The maximum Gasteiger partial charge on any atom is 0.295 e. The van der Waals surface area contributed by atoms with Crippen LogP contribution in [0.25, 0.3) is 5.53 Å². The van der Waals surface area contributed by atoms with Crippen LogP contribution in [0.1, 0.15) is 6.42 Å². The molecule has 0 heterocycles. The molecule has 0 fully saturated rings. The second-order valence-electron chi connectivity index (χ2n) is 1.58. The van der Waals surface area contributed by atoms with E-state index in [2.05, 4.69) is 4.79 Å². The zero-order chi connectivity index (χ0) is 5.82. The molecule has 0 aromatic carbocycles. The first-order valence-electron chi connectivity index (χ1n) is 2.47. The van der Waals surface area contributed by atoms with Crippen LogP contribution in [0.2, 0.25) is 0 Å². The van der Waals surface area contributed by atoms with Crippen molar-refractivity contribution in [2.75, 3.05) is 0 Å². The Hall–Kier alpha value is -0.850. The molecule has 1 aliphatic carbocycles. The van der Waals surface area contributed by atoms with Crippen LogP contribution in [0, 0.1) is 0 Å². The molecule has 0 aromatic heterocycles. The average Bonchev–Trinajstić information content (AvgIpc) is 1.90. The van der Waals surface area contributed by atoms with E-state index in [1.807, 2.05) is 18.2 Å². The fraction of sp³-hybridized carbons (Fsp3) is 0.167. The topological polar surface area (TPSA) is 36.4 Å². The molecule has 0 amide bonds. The van der Waals surface area contributed by atoms with Crippen molar-refractivity contribution >= 4 is 18.1 Å². The number of hydrogen-bond acceptors (Lipinski definition) is 0. The molecule has 0 radical (unpaired) electrons. The lowest BCUT2D eigenvalue weighted by Crippen LogP contribution is -1.93. The number of rotatable bonds is 0. The van der Waals surface area contributed by atoms with Gasteiger partial charge in [-0.15, -0.1) is 12.4 Å². The summed E-state index contributed by atoms with van der Waals surface area (Å²) in [7, 11) is 0. The van der Waals surface area contributed by atoms with Gasteiger partial charge in [-0.3, -0.25) is 0 Å². The van der Waals surface area contributed by atoms with E-state index in [4.69, 9.17) is 5.53 Å². The van der Waals surface area contributed by atoms with E-state index in [1.54, 1.807) is 6.08 Å². The lowest BCUT2D eigenvalue weighted by Gasteiger charge is -1.85. The van der Waals surface area contributed by atoms with Gasteiger partial charge in [0.2, 0.25) is 0 Å². The summed E-state index contributed by atoms with van der Waals surface area (Å²) in [6.07, 6.45) is 8.23. The maximum atomic E-state index is 8.19. The van der Waals surface area contributed by atoms with Crippen LogP contribution in [0.3, 0.4) is 0 Å². The maximum absolute atomic E-state index is 8.19. The highest BCUT2D eigenvalue weighted by molar-refractivity contribution is 5.92. The van der Waals surface area contributed by atoms with Crippen LogP contribution in [-0.4, -0.2) is 10.5 Å². The summed E-state index contributed by atoms with van der Waals surface area (Å²) < 4.78 is 0. The third-order valence-corrected chi connectivity index (χ3v) is 0.991. The van der Waals surface area contributed by atoms with Crippen LogP contribution in [-0.2, 0) is 0 Å². The minimum absolute atomic E-state index is 0. The summed E-state index contributed by atoms with van der Waals surface area (Å²) in [5.41, 5.74) is 8.91. The van der Waals surface area contributed by atoms with Crippen molar-refractivity contribution in [3.05, 3.63) is 29.8 Å². The van der Waals surface area contributed by atoms with Crippen molar-refractivity contribution < 1.29 is 4.79 Å². The van der Waals surface area contributed by atoms with Gasteiger partial charge in [-0.1, -0.05) is 18.2 Å². The Morgan fingerprint density at radius 1 is 1.44 bits per heavy atom. The second-order valence-corrected chi connectivity index (χ2v) is 1.58. The second kappa shape index (κ2) is 4.07. The SMILES string of the molecule is Cl.[N-]=[N+]=C1C=CC=CC1. The summed E-state index contributed by atoms with van der Waals surface area (Å²) >= 11 is 0. The molecule has 0 spiro atoms. The fourth-order valence-electron chi connectivity index (χ4n) is 0.576. The van der Waals surface area contributed by atoms with Crippen LogP contribution in [0.4, 0.5) is 0 Å². The van der Waals surface area contributed by atoms with Crippen molar-refractivity contribution in [1.82, 2.24) is 0 Å². The van der Waals surface area contributed by atoms with Crippen LogP contribution < -0.4 is 0 Å². The first kappa shape index (κ1) is 8.15. The van der Waals surface area contributed by atoms with Crippen molar-refractivity contribution in [3.63, 3.8) is 0 Å². The third kappa shape index (κ3) is 2.27. The summed E-state index contributed by atoms with van der Waals surface area (Å²) in [5, 5.41) is 0. The van der Waals surface area contributed by atoms with Gasteiger partial charge >= 0.3 is 0 Å². The molecule has 1 aliphatic rings. The van der Waals surface area contributed by atoms with Gasteiger partial charge in [-0.25, -0.2) is 0 Å². The summed E-state index contributed by atoms with van der Waals surface area (Å²) in [6, 6.07) is 0. The number of hydrogen-bond donors (Lipinski definition) is 0. The highest BCUT2D eigenvalue weighted by Crippen LogP contribution is 1.94. The molecule has 9 heavy (non-hydrogen) atoms. The van der Waals surface area contributed by atoms with E-state index in [0.29, 0.717) is 5.71 Å². The van der Waals surface area contributed by atoms with E-state index in [-0.39, 0.29) is 12.4 Å². The van der Waals surface area contributed by atoms with Gasteiger partial charge in [0.25, 0.3) is 5.71 Å². The predicted molar refractivity (Wildman–Crippen MR) is 38.8 cm³/mol. The fourth-order valence-corrected chi connectivity index (χ4v) is 0.576. The molecule has 0 saturated heterocycles. The van der Waals surface area contributed by atoms with E-state index in [9.17, 15) is 0 Å². The first-order valence-corrected chi connectivity index (χ1v) is 2.47. The lowest BCUT2D eigenvalue weighted by molar-refractivity contribution is -0.00537. The molecule has 0 atom stereocenters. The van der Waals surface area contributed by atoms with E-state index in [1.165, 1.54) is 0 Å². The Labute approximate surface area is 59.9 Å². The Bertz CT molecular complexity index is 187. The first-order chi connectivity index (χ1) is 3.93. The molecule has 0 bridgehead atoms. The summed E-state index contributed by atoms with van der Waals surface area (Å²) in [4.78, 5) is 3.03. The summed E-state index contributed by atoms with van der Waals surface area (Å²) in [5.74, 6) is 0. The van der Waals surface area contributed by atoms with Crippen molar-refractivity contribution in [2.45, 2.75) is 6.42 Å². The molecular formula is C6H7ClN2. The molecule has 2 nitrogen and oxygen atoms in total. The zero-order valence-corrected chi connectivity index (χ0v) is 5.64. The van der Waals surface area contributed by atoms with Crippen LogP contribution in [0.5, 0.6) is 0 Å². The number of nitrogens with zero attached hydrogens (tertiary/aromatic N) is 2. The van der Waals surface area contributed by atoms with E-state index >= 15 is 0 Å². The Morgan fingerprint density at radius 2 is 2.22 bits per heavy atom. The largest absolute Gasteiger partial charge is 0.361 e. The van der Waals surface area contributed by atoms with Gasteiger partial charge in [-0.2, -0.15) is 4.79 Å². The molecular weight excluding hydrogens is 136 g/mol. The highest BCUT2D eigenvalue weighted by atomic mass is 35.5. The average molecular weight is 143 g/mol. The molecule has 1 rings (SSSR count). The van der Waals surface area contributed by atoms with Gasteiger partial charge in [0.1, 0.15) is 0 Å². The van der Waals surface area contributed by atoms with Crippen molar-refractivity contribution in [2.24, 2.45) is 0 Å². The molecule has 0 unspecified atom stereocenters. The molecule has 0 aliphatic heterocycles. The van der Waals surface area contributed by atoms with E-state index in [0.717, 1.165) is 6.42 Å². The Morgan fingerprint density at radius 3 is 2.56 bits per heavy atom. The van der Waals surface area contributed by atoms with Gasteiger partial charge < -0.3 is 5.53 Å². The smallest absolute Gasteiger partial charge is 0.295 e. The van der Waals surface area contributed by atoms with Crippen LogP contribution in [0.15, 0.2) is 24.3 Å². The molecule has 0 saturated carbocycles. The predicted octanol–water partition coefficient (Wildman–Crippen LogP) is 1.60. The number of halogens is 1. The zero-order valence-electron chi connectivity index (χ0n) is 4.82. The Kier molecular flexibility index (Phi) is 3.69. The Balaban J connectivity index is 0.000000640. The molecule has 3 heteroatoms. The lowest BCUT2D eigenvalue weighted by atomic mass is 10.2. The molecule has 0 N–H and O–H groups in total.